The summed E-state index contributed by atoms with van der Waals surface area (Å²) in [4.78, 5) is 11.6. The van der Waals surface area contributed by atoms with Gasteiger partial charge in [-0.25, -0.2) is 0 Å². The topological polar surface area (TPSA) is 47.6 Å². The molecule has 0 aromatic rings. The molecule has 2 aliphatic heterocycles. The first-order valence-electron chi connectivity index (χ1n) is 4.40. The minimum absolute atomic E-state index is 0.0758. The first kappa shape index (κ1) is 8.56. The van der Waals surface area contributed by atoms with Crippen molar-refractivity contribution in [1.82, 2.24) is 5.32 Å². The Kier molecular flexibility index (Phi) is 1.80. The van der Waals surface area contributed by atoms with Gasteiger partial charge in [0.25, 0.3) is 5.91 Å². The maximum atomic E-state index is 11.6. The van der Waals surface area contributed by atoms with Crippen LogP contribution in [0.1, 0.15) is 20.3 Å². The smallest absolute Gasteiger partial charge is 0.270 e. The molecule has 0 aromatic heterocycles. The van der Waals surface area contributed by atoms with Gasteiger partial charge in [0.05, 0.1) is 18.9 Å². The van der Waals surface area contributed by atoms with Crippen molar-refractivity contribution < 1.29 is 14.3 Å². The van der Waals surface area contributed by atoms with Crippen molar-refractivity contribution in [3.05, 3.63) is 11.5 Å². The van der Waals surface area contributed by atoms with Crippen LogP contribution in [-0.2, 0) is 14.3 Å². The molecule has 13 heavy (non-hydrogen) atoms. The van der Waals surface area contributed by atoms with E-state index in [4.69, 9.17) is 9.47 Å². The Labute approximate surface area is 76.9 Å². The van der Waals surface area contributed by atoms with Crippen LogP contribution in [0, 0.1) is 0 Å². The van der Waals surface area contributed by atoms with Crippen LogP contribution in [0.15, 0.2) is 11.5 Å². The molecule has 0 aliphatic carbocycles. The molecule has 0 saturated carbocycles. The molecule has 1 saturated heterocycles. The summed E-state index contributed by atoms with van der Waals surface area (Å²) in [6.07, 6.45) is 0.642. The largest absolute Gasteiger partial charge is 0.478 e. The van der Waals surface area contributed by atoms with Crippen molar-refractivity contribution in [2.75, 3.05) is 13.2 Å². The lowest BCUT2D eigenvalue weighted by Gasteiger charge is -2.32. The van der Waals surface area contributed by atoms with Crippen molar-refractivity contribution >= 4 is 5.91 Å². The van der Waals surface area contributed by atoms with E-state index >= 15 is 0 Å². The SMILES string of the molecule is CC1=C(C)O[C@]2(CCOC2)C(=O)N1. The second kappa shape index (κ2) is 2.73. The average Bonchev–Trinajstić information content (AvgIpc) is 2.51. The zero-order valence-corrected chi connectivity index (χ0v) is 7.85. The first-order valence-corrected chi connectivity index (χ1v) is 4.40. The summed E-state index contributed by atoms with van der Waals surface area (Å²) in [7, 11) is 0. The van der Waals surface area contributed by atoms with E-state index in [9.17, 15) is 4.79 Å². The van der Waals surface area contributed by atoms with E-state index in [0.29, 0.717) is 19.6 Å². The molecule has 1 fully saturated rings. The fraction of sp³-hybridized carbons (Fsp3) is 0.667. The number of hydrogen-bond acceptors (Lipinski definition) is 3. The Bertz CT molecular complexity index is 277. The van der Waals surface area contributed by atoms with Crippen molar-refractivity contribution in [3.63, 3.8) is 0 Å². The van der Waals surface area contributed by atoms with Gasteiger partial charge in [0, 0.05) is 6.42 Å². The number of carbonyl (C=O) groups excluding carboxylic acids is 1. The van der Waals surface area contributed by atoms with Crippen LogP contribution in [0.2, 0.25) is 0 Å². The minimum atomic E-state index is -0.746. The Balaban J connectivity index is 2.28. The van der Waals surface area contributed by atoms with Gasteiger partial charge in [-0.05, 0) is 13.8 Å². The van der Waals surface area contributed by atoms with Crippen molar-refractivity contribution in [3.8, 4) is 0 Å². The highest BCUT2D eigenvalue weighted by Crippen LogP contribution is 2.30. The molecule has 1 spiro atoms. The van der Waals surface area contributed by atoms with Gasteiger partial charge in [0.2, 0.25) is 5.60 Å². The molecule has 0 aromatic carbocycles. The molecule has 72 valence electrons. The van der Waals surface area contributed by atoms with Gasteiger partial charge in [-0.2, -0.15) is 0 Å². The predicted octanol–water partition coefficient (Wildman–Crippen LogP) is 0.543. The van der Waals surface area contributed by atoms with E-state index in [1.54, 1.807) is 0 Å². The molecule has 1 atom stereocenters. The molecular formula is C9H13NO3. The second-order valence-corrected chi connectivity index (χ2v) is 3.53. The number of nitrogens with one attached hydrogen (secondary N) is 1. The van der Waals surface area contributed by atoms with Crippen LogP contribution in [0.25, 0.3) is 0 Å². The molecule has 0 radical (unpaired) electrons. The maximum Gasteiger partial charge on any atom is 0.270 e. The summed E-state index contributed by atoms with van der Waals surface area (Å²) in [6.45, 7) is 4.65. The summed E-state index contributed by atoms with van der Waals surface area (Å²) in [5.41, 5.74) is 0.0476. The summed E-state index contributed by atoms with van der Waals surface area (Å²) < 4.78 is 10.8. The maximum absolute atomic E-state index is 11.6. The van der Waals surface area contributed by atoms with Crippen LogP contribution in [0.4, 0.5) is 0 Å². The Morgan fingerprint density at radius 3 is 2.85 bits per heavy atom. The third kappa shape index (κ3) is 1.21. The fourth-order valence-corrected chi connectivity index (χ4v) is 1.59. The standard InChI is InChI=1S/C9H13NO3/c1-6-7(2)13-9(8(11)10-6)3-4-12-5-9/h3-5H2,1-2H3,(H,10,11)/t9-/m0/s1. The van der Waals surface area contributed by atoms with Crippen molar-refractivity contribution in [2.24, 2.45) is 0 Å². The molecule has 2 aliphatic rings. The molecule has 1 amide bonds. The summed E-state index contributed by atoms with van der Waals surface area (Å²) >= 11 is 0. The van der Waals surface area contributed by atoms with E-state index in [2.05, 4.69) is 5.32 Å². The van der Waals surface area contributed by atoms with Crippen LogP contribution >= 0.6 is 0 Å². The number of hydrogen-bond donors (Lipinski definition) is 1. The lowest BCUT2D eigenvalue weighted by atomic mass is 10.0. The van der Waals surface area contributed by atoms with Crippen LogP contribution in [0.5, 0.6) is 0 Å². The van der Waals surface area contributed by atoms with Gasteiger partial charge in [0.1, 0.15) is 5.76 Å². The molecular weight excluding hydrogens is 170 g/mol. The summed E-state index contributed by atoms with van der Waals surface area (Å²) in [6, 6.07) is 0. The van der Waals surface area contributed by atoms with Crippen molar-refractivity contribution in [1.29, 1.82) is 0 Å². The lowest BCUT2D eigenvalue weighted by Crippen LogP contribution is -2.52. The lowest BCUT2D eigenvalue weighted by molar-refractivity contribution is -0.144. The van der Waals surface area contributed by atoms with E-state index in [1.165, 1.54) is 0 Å². The summed E-state index contributed by atoms with van der Waals surface area (Å²) in [5.74, 6) is 0.707. The monoisotopic (exact) mass is 183 g/mol. The Morgan fingerprint density at radius 2 is 2.23 bits per heavy atom. The number of carbonyl (C=O) groups is 1. The number of rotatable bonds is 0. The molecule has 1 N–H and O–H groups in total. The molecule has 0 unspecified atom stereocenters. The van der Waals surface area contributed by atoms with Gasteiger partial charge in [0.15, 0.2) is 0 Å². The normalized spacial score (nSPS) is 33.5. The number of allylic oxidation sites excluding steroid dienone is 2. The second-order valence-electron chi connectivity index (χ2n) is 3.53. The van der Waals surface area contributed by atoms with Gasteiger partial charge in [-0.3, -0.25) is 4.79 Å². The quantitative estimate of drug-likeness (QED) is 0.596. The number of amides is 1. The average molecular weight is 183 g/mol. The molecule has 2 heterocycles. The highest BCUT2D eigenvalue weighted by Gasteiger charge is 2.47. The zero-order chi connectivity index (χ0) is 9.47. The molecule has 2 rings (SSSR count). The Morgan fingerprint density at radius 1 is 1.46 bits per heavy atom. The third-order valence-electron chi connectivity index (χ3n) is 2.58. The molecule has 0 bridgehead atoms. The van der Waals surface area contributed by atoms with E-state index in [0.717, 1.165) is 11.5 Å². The van der Waals surface area contributed by atoms with Crippen LogP contribution in [-0.4, -0.2) is 24.7 Å². The van der Waals surface area contributed by atoms with Gasteiger partial charge in [-0.1, -0.05) is 0 Å². The van der Waals surface area contributed by atoms with Crippen molar-refractivity contribution in [2.45, 2.75) is 25.9 Å². The van der Waals surface area contributed by atoms with Crippen LogP contribution < -0.4 is 5.32 Å². The van der Waals surface area contributed by atoms with Gasteiger partial charge < -0.3 is 14.8 Å². The minimum Gasteiger partial charge on any atom is -0.478 e. The Hall–Kier alpha value is -1.03. The third-order valence-corrected chi connectivity index (χ3v) is 2.58. The van der Waals surface area contributed by atoms with Gasteiger partial charge in [-0.15, -0.1) is 0 Å². The van der Waals surface area contributed by atoms with Gasteiger partial charge >= 0.3 is 0 Å². The highest BCUT2D eigenvalue weighted by molar-refractivity contribution is 5.88. The predicted molar refractivity (Wildman–Crippen MR) is 45.8 cm³/mol. The van der Waals surface area contributed by atoms with E-state index < -0.39 is 5.60 Å². The zero-order valence-electron chi connectivity index (χ0n) is 7.85. The number of ether oxygens (including phenoxy) is 2. The molecule has 4 nitrogen and oxygen atoms in total. The van der Waals surface area contributed by atoms with E-state index in [1.807, 2.05) is 13.8 Å². The highest BCUT2D eigenvalue weighted by atomic mass is 16.6. The van der Waals surface area contributed by atoms with Crippen LogP contribution in [0.3, 0.4) is 0 Å². The first-order chi connectivity index (χ1) is 6.14. The fourth-order valence-electron chi connectivity index (χ4n) is 1.59. The summed E-state index contributed by atoms with van der Waals surface area (Å²) in [5, 5.41) is 2.80. The molecule has 4 heteroatoms. The van der Waals surface area contributed by atoms with E-state index in [-0.39, 0.29) is 5.91 Å².